The summed E-state index contributed by atoms with van der Waals surface area (Å²) in [6, 6.07) is 10.4. The summed E-state index contributed by atoms with van der Waals surface area (Å²) < 4.78 is 5.57. The lowest BCUT2D eigenvalue weighted by Crippen LogP contribution is -2.13. The molecule has 1 aromatic heterocycles. The molecule has 1 aromatic carbocycles. The number of hydrogen-bond donors (Lipinski definition) is 1. The van der Waals surface area contributed by atoms with E-state index in [4.69, 9.17) is 11.2 Å². The number of hydrogen-bond acceptors (Lipinski definition) is 3. The number of ether oxygens (including phenoxy) is 1. The fourth-order valence-electron chi connectivity index (χ4n) is 2.71. The zero-order chi connectivity index (χ0) is 14.5. The lowest BCUT2D eigenvalue weighted by molar-refractivity contribution is 0.365. The van der Waals surface area contributed by atoms with Crippen molar-refractivity contribution in [3.05, 3.63) is 51.2 Å². The highest BCUT2D eigenvalue weighted by molar-refractivity contribution is 7.12. The smallest absolute Gasteiger partial charge is 0.148 e. The summed E-state index contributed by atoms with van der Waals surface area (Å²) in [5.41, 5.74) is 2.71. The highest BCUT2D eigenvalue weighted by Gasteiger charge is 2.14. The van der Waals surface area contributed by atoms with Gasteiger partial charge in [0, 0.05) is 28.4 Å². The van der Waals surface area contributed by atoms with Gasteiger partial charge in [0.25, 0.3) is 0 Å². The lowest BCUT2D eigenvalue weighted by Gasteiger charge is -2.10. The van der Waals surface area contributed by atoms with Crippen LogP contribution in [0.1, 0.15) is 27.3 Å². The summed E-state index contributed by atoms with van der Waals surface area (Å²) >= 11 is 1.95. The molecule has 0 saturated heterocycles. The van der Waals surface area contributed by atoms with Gasteiger partial charge >= 0.3 is 0 Å². The van der Waals surface area contributed by atoms with Crippen LogP contribution in [0.25, 0.3) is 0 Å². The molecule has 2 nitrogen and oxygen atoms in total. The van der Waals surface area contributed by atoms with Crippen molar-refractivity contribution in [2.75, 3.05) is 6.61 Å². The van der Waals surface area contributed by atoms with Gasteiger partial charge in [-0.15, -0.1) is 17.8 Å². The van der Waals surface area contributed by atoms with Crippen LogP contribution in [-0.2, 0) is 25.9 Å². The molecule has 0 radical (unpaired) electrons. The summed E-state index contributed by atoms with van der Waals surface area (Å²) in [6.07, 6.45) is 9.10. The van der Waals surface area contributed by atoms with E-state index in [1.54, 1.807) is 10.4 Å². The van der Waals surface area contributed by atoms with Crippen LogP contribution in [0.5, 0.6) is 5.75 Å². The summed E-state index contributed by atoms with van der Waals surface area (Å²) in [7, 11) is 0. The van der Waals surface area contributed by atoms with E-state index in [-0.39, 0.29) is 0 Å². The molecule has 0 fully saturated rings. The quantitative estimate of drug-likeness (QED) is 0.824. The van der Waals surface area contributed by atoms with Gasteiger partial charge in [0.05, 0.1) is 0 Å². The third kappa shape index (κ3) is 3.47. The minimum atomic E-state index is 0.314. The number of terminal acetylenes is 1. The van der Waals surface area contributed by atoms with Crippen LogP contribution in [0.15, 0.2) is 30.3 Å². The van der Waals surface area contributed by atoms with Gasteiger partial charge in [-0.3, -0.25) is 0 Å². The first kappa shape index (κ1) is 14.2. The normalized spacial score (nSPS) is 12.9. The predicted octanol–water partition coefficient (Wildman–Crippen LogP) is 3.54. The average Bonchev–Trinajstić information content (AvgIpc) is 3.07. The molecule has 0 saturated carbocycles. The maximum Gasteiger partial charge on any atom is 0.148 e. The van der Waals surface area contributed by atoms with Crippen molar-refractivity contribution in [2.45, 2.75) is 32.4 Å². The van der Waals surface area contributed by atoms with Crippen molar-refractivity contribution in [3.8, 4) is 18.1 Å². The maximum absolute atomic E-state index is 5.57. The Morgan fingerprint density at radius 3 is 3.00 bits per heavy atom. The molecule has 0 atom stereocenters. The maximum atomic E-state index is 5.57. The molecule has 0 bridgehead atoms. The van der Waals surface area contributed by atoms with Gasteiger partial charge in [0.2, 0.25) is 0 Å². The number of para-hydroxylation sites is 1. The van der Waals surface area contributed by atoms with Crippen molar-refractivity contribution in [1.29, 1.82) is 0 Å². The van der Waals surface area contributed by atoms with Crippen LogP contribution >= 0.6 is 11.3 Å². The number of aryl methyl sites for hydroxylation is 2. The Morgan fingerprint density at radius 1 is 1.24 bits per heavy atom. The molecule has 21 heavy (non-hydrogen) atoms. The van der Waals surface area contributed by atoms with E-state index in [2.05, 4.69) is 23.4 Å². The fourth-order valence-corrected chi connectivity index (χ4v) is 3.94. The third-order valence-electron chi connectivity index (χ3n) is 3.70. The van der Waals surface area contributed by atoms with Gasteiger partial charge in [0.1, 0.15) is 12.4 Å². The zero-order valence-electron chi connectivity index (χ0n) is 12.0. The van der Waals surface area contributed by atoms with Crippen LogP contribution < -0.4 is 10.1 Å². The largest absolute Gasteiger partial charge is 0.481 e. The fraction of sp³-hybridized carbons (Fsp3) is 0.333. The van der Waals surface area contributed by atoms with Crippen LogP contribution in [0.4, 0.5) is 0 Å². The van der Waals surface area contributed by atoms with Gasteiger partial charge in [-0.2, -0.15) is 0 Å². The topological polar surface area (TPSA) is 21.3 Å². The first-order valence-electron chi connectivity index (χ1n) is 7.32. The molecule has 1 aliphatic carbocycles. The summed E-state index contributed by atoms with van der Waals surface area (Å²) in [4.78, 5) is 3.02. The first-order valence-corrected chi connectivity index (χ1v) is 8.14. The first-order chi connectivity index (χ1) is 10.4. The van der Waals surface area contributed by atoms with Crippen molar-refractivity contribution in [3.63, 3.8) is 0 Å². The van der Waals surface area contributed by atoms with E-state index in [1.807, 2.05) is 29.5 Å². The predicted molar refractivity (Wildman–Crippen MR) is 87.7 cm³/mol. The molecule has 0 spiro atoms. The van der Waals surface area contributed by atoms with Crippen LogP contribution in [0, 0.1) is 12.3 Å². The molecule has 108 valence electrons. The highest BCUT2D eigenvalue weighted by atomic mass is 32.1. The van der Waals surface area contributed by atoms with Crippen molar-refractivity contribution >= 4 is 11.3 Å². The van der Waals surface area contributed by atoms with Crippen molar-refractivity contribution in [1.82, 2.24) is 5.32 Å². The summed E-state index contributed by atoms with van der Waals surface area (Å²) in [6.45, 7) is 2.03. The van der Waals surface area contributed by atoms with E-state index in [1.165, 1.54) is 24.1 Å². The Morgan fingerprint density at radius 2 is 2.14 bits per heavy atom. The molecule has 0 amide bonds. The number of fused-ring (bicyclic) bond motifs is 1. The van der Waals surface area contributed by atoms with E-state index < -0.39 is 0 Å². The SMILES string of the molecule is C#CCOc1ccccc1CNCc1cc2c(s1)CCC2. The molecule has 1 aliphatic rings. The van der Waals surface area contributed by atoms with Crippen molar-refractivity contribution < 1.29 is 4.74 Å². The van der Waals surface area contributed by atoms with E-state index in [9.17, 15) is 0 Å². The second kappa shape index (κ2) is 6.80. The Kier molecular flexibility index (Phi) is 4.59. The van der Waals surface area contributed by atoms with Crippen molar-refractivity contribution in [2.24, 2.45) is 0 Å². The molecule has 3 rings (SSSR count). The average molecular weight is 297 g/mol. The van der Waals surface area contributed by atoms with Crippen LogP contribution in [-0.4, -0.2) is 6.61 Å². The third-order valence-corrected chi connectivity index (χ3v) is 4.93. The van der Waals surface area contributed by atoms with E-state index in [0.717, 1.165) is 24.4 Å². The minimum Gasteiger partial charge on any atom is -0.481 e. The second-order valence-corrected chi connectivity index (χ2v) is 6.44. The molecular weight excluding hydrogens is 278 g/mol. The number of benzene rings is 1. The number of rotatable bonds is 6. The molecule has 1 N–H and O–H groups in total. The van der Waals surface area contributed by atoms with Gasteiger partial charge in [-0.05, 0) is 37.0 Å². The van der Waals surface area contributed by atoms with Crippen LogP contribution in [0.2, 0.25) is 0 Å². The Bertz CT molecular complexity index is 632. The van der Waals surface area contributed by atoms with E-state index >= 15 is 0 Å². The lowest BCUT2D eigenvalue weighted by atomic mass is 10.2. The van der Waals surface area contributed by atoms with Gasteiger partial charge in [-0.1, -0.05) is 24.1 Å². The standard InChI is InChI=1S/C18H19NOS/c1-2-10-20-17-8-4-3-6-15(17)12-19-13-16-11-14-7-5-9-18(14)21-16/h1,3-4,6,8,11,19H,5,7,9-10,12-13H2. The van der Waals surface area contributed by atoms with E-state index in [0.29, 0.717) is 6.61 Å². The number of nitrogens with one attached hydrogen (secondary N) is 1. The molecule has 1 heterocycles. The van der Waals surface area contributed by atoms with Gasteiger partial charge in [-0.25, -0.2) is 0 Å². The molecule has 2 aromatic rings. The summed E-state index contributed by atoms with van der Waals surface area (Å²) in [5, 5.41) is 3.50. The molecule has 3 heteroatoms. The Hall–Kier alpha value is -1.76. The Labute approximate surface area is 130 Å². The summed E-state index contributed by atoms with van der Waals surface area (Å²) in [5.74, 6) is 3.38. The molecule has 0 unspecified atom stereocenters. The highest BCUT2D eigenvalue weighted by Crippen LogP contribution is 2.30. The molecular formula is C18H19NOS. The zero-order valence-corrected chi connectivity index (χ0v) is 12.8. The van der Waals surface area contributed by atoms with Crippen LogP contribution in [0.3, 0.4) is 0 Å². The Balaban J connectivity index is 1.56. The van der Waals surface area contributed by atoms with Gasteiger partial charge < -0.3 is 10.1 Å². The molecule has 0 aliphatic heterocycles. The minimum absolute atomic E-state index is 0.314. The van der Waals surface area contributed by atoms with Gasteiger partial charge in [0.15, 0.2) is 0 Å². The second-order valence-electron chi connectivity index (χ2n) is 5.22. The monoisotopic (exact) mass is 297 g/mol. The number of thiophene rings is 1.